The Morgan fingerprint density at radius 3 is 2.17 bits per heavy atom. The van der Waals surface area contributed by atoms with Crippen LogP contribution in [0.3, 0.4) is 0 Å². The first-order valence-corrected chi connectivity index (χ1v) is 4.37. The Hall–Kier alpha value is -0.570. The summed E-state index contributed by atoms with van der Waals surface area (Å²) in [6.07, 6.45) is -0.116. The van der Waals surface area contributed by atoms with Crippen LogP contribution >= 0.6 is 0 Å². The van der Waals surface area contributed by atoms with Gasteiger partial charge in [-0.1, -0.05) is 6.92 Å². The van der Waals surface area contributed by atoms with Gasteiger partial charge in [0.15, 0.2) is 0 Å². The molecule has 0 bridgehead atoms. The van der Waals surface area contributed by atoms with E-state index >= 15 is 0 Å². The lowest BCUT2D eigenvalue weighted by Gasteiger charge is -2.18. The van der Waals surface area contributed by atoms with Crippen LogP contribution in [0.1, 0.15) is 34.1 Å². The first-order valence-electron chi connectivity index (χ1n) is 4.37. The molecule has 1 N–H and O–H groups in total. The SMILES string of the molecule is CC[C@H](C(=O)OC(C)C)[C@@H](C)O. The van der Waals surface area contributed by atoms with Crippen molar-refractivity contribution < 1.29 is 14.6 Å². The highest BCUT2D eigenvalue weighted by molar-refractivity contribution is 5.73. The van der Waals surface area contributed by atoms with Crippen LogP contribution in [0.25, 0.3) is 0 Å². The largest absolute Gasteiger partial charge is 0.463 e. The highest BCUT2D eigenvalue weighted by Crippen LogP contribution is 2.11. The Kier molecular flexibility index (Phi) is 4.90. The van der Waals surface area contributed by atoms with E-state index < -0.39 is 6.10 Å². The average Bonchev–Trinajstić information content (AvgIpc) is 1.85. The summed E-state index contributed by atoms with van der Waals surface area (Å²) >= 11 is 0. The van der Waals surface area contributed by atoms with Gasteiger partial charge in [-0.05, 0) is 27.2 Å². The molecule has 0 aromatic rings. The Labute approximate surface area is 73.7 Å². The molecular formula is C9H18O3. The second-order valence-corrected chi connectivity index (χ2v) is 3.24. The maximum atomic E-state index is 11.2. The summed E-state index contributed by atoms with van der Waals surface area (Å²) in [6.45, 7) is 7.06. The predicted molar refractivity (Wildman–Crippen MR) is 46.7 cm³/mol. The molecule has 0 aromatic heterocycles. The van der Waals surface area contributed by atoms with Gasteiger partial charge in [-0.25, -0.2) is 0 Å². The van der Waals surface area contributed by atoms with Gasteiger partial charge >= 0.3 is 5.97 Å². The molecule has 0 heterocycles. The molecule has 0 aliphatic heterocycles. The zero-order valence-electron chi connectivity index (χ0n) is 8.20. The quantitative estimate of drug-likeness (QED) is 0.654. The van der Waals surface area contributed by atoms with Crippen molar-refractivity contribution in [3.8, 4) is 0 Å². The molecule has 0 aromatic carbocycles. The summed E-state index contributed by atoms with van der Waals surface area (Å²) in [5, 5.41) is 9.19. The molecule has 0 aliphatic rings. The predicted octanol–water partition coefficient (Wildman–Crippen LogP) is 1.34. The number of carbonyl (C=O) groups excluding carboxylic acids is 1. The molecule has 0 amide bonds. The second-order valence-electron chi connectivity index (χ2n) is 3.24. The van der Waals surface area contributed by atoms with Gasteiger partial charge in [0.25, 0.3) is 0 Å². The van der Waals surface area contributed by atoms with E-state index in [0.717, 1.165) is 0 Å². The number of aliphatic hydroxyl groups excluding tert-OH is 1. The third-order valence-corrected chi connectivity index (χ3v) is 1.68. The lowest BCUT2D eigenvalue weighted by molar-refractivity contribution is -0.156. The summed E-state index contributed by atoms with van der Waals surface area (Å²) in [5.74, 6) is -0.685. The molecule has 0 saturated carbocycles. The normalized spacial score (nSPS) is 15.8. The van der Waals surface area contributed by atoms with Crippen molar-refractivity contribution in [2.24, 2.45) is 5.92 Å². The fourth-order valence-corrected chi connectivity index (χ4v) is 1.02. The summed E-state index contributed by atoms with van der Waals surface area (Å²) in [5.41, 5.74) is 0. The summed E-state index contributed by atoms with van der Waals surface area (Å²) in [6, 6.07) is 0. The Bertz CT molecular complexity index is 141. The Balaban J connectivity index is 4.04. The lowest BCUT2D eigenvalue weighted by atomic mass is 10.0. The molecule has 3 nitrogen and oxygen atoms in total. The van der Waals surface area contributed by atoms with Gasteiger partial charge in [0.05, 0.1) is 18.1 Å². The number of carbonyl (C=O) groups is 1. The van der Waals surface area contributed by atoms with Crippen LogP contribution in [0.2, 0.25) is 0 Å². The van der Waals surface area contributed by atoms with E-state index in [0.29, 0.717) is 6.42 Å². The maximum absolute atomic E-state index is 11.2. The monoisotopic (exact) mass is 174 g/mol. The van der Waals surface area contributed by atoms with Gasteiger partial charge in [-0.3, -0.25) is 4.79 Å². The molecule has 0 saturated heterocycles. The van der Waals surface area contributed by atoms with E-state index in [2.05, 4.69) is 0 Å². The minimum atomic E-state index is -0.624. The minimum Gasteiger partial charge on any atom is -0.463 e. The number of rotatable bonds is 4. The molecule has 0 unspecified atom stereocenters. The van der Waals surface area contributed by atoms with Gasteiger partial charge in [0.2, 0.25) is 0 Å². The van der Waals surface area contributed by atoms with Gasteiger partial charge in [-0.15, -0.1) is 0 Å². The van der Waals surface area contributed by atoms with E-state index in [9.17, 15) is 9.90 Å². The zero-order chi connectivity index (χ0) is 9.72. The van der Waals surface area contributed by atoms with Crippen molar-refractivity contribution in [3.63, 3.8) is 0 Å². The summed E-state index contributed by atoms with van der Waals surface area (Å²) < 4.78 is 4.97. The second kappa shape index (κ2) is 5.14. The zero-order valence-corrected chi connectivity index (χ0v) is 8.20. The molecule has 3 heteroatoms. The molecule has 0 aliphatic carbocycles. The first kappa shape index (κ1) is 11.4. The van der Waals surface area contributed by atoms with Gasteiger partial charge in [0, 0.05) is 0 Å². The summed E-state index contributed by atoms with van der Waals surface area (Å²) in [7, 11) is 0. The molecule has 0 radical (unpaired) electrons. The smallest absolute Gasteiger partial charge is 0.311 e. The van der Waals surface area contributed by atoms with E-state index in [1.165, 1.54) is 0 Å². The highest BCUT2D eigenvalue weighted by Gasteiger charge is 2.23. The fourth-order valence-electron chi connectivity index (χ4n) is 1.02. The highest BCUT2D eigenvalue weighted by atomic mass is 16.5. The van der Waals surface area contributed by atoms with E-state index in [1.807, 2.05) is 6.92 Å². The van der Waals surface area contributed by atoms with Crippen LogP contribution < -0.4 is 0 Å². The van der Waals surface area contributed by atoms with Crippen molar-refractivity contribution in [3.05, 3.63) is 0 Å². The fraction of sp³-hybridized carbons (Fsp3) is 0.889. The van der Waals surface area contributed by atoms with E-state index in [-0.39, 0.29) is 18.0 Å². The molecule has 0 fully saturated rings. The number of ether oxygens (including phenoxy) is 1. The number of aliphatic hydroxyl groups is 1. The molecule has 0 spiro atoms. The van der Waals surface area contributed by atoms with Gasteiger partial charge in [0.1, 0.15) is 0 Å². The lowest BCUT2D eigenvalue weighted by Crippen LogP contribution is -2.28. The molecule has 12 heavy (non-hydrogen) atoms. The van der Waals surface area contributed by atoms with Crippen LogP contribution in [-0.2, 0) is 9.53 Å². The van der Waals surface area contributed by atoms with Crippen LogP contribution in [0.5, 0.6) is 0 Å². The standard InChI is InChI=1S/C9H18O3/c1-5-8(7(4)10)9(11)12-6(2)3/h6-8,10H,5H2,1-4H3/t7-,8+/m1/s1. The first-order chi connectivity index (χ1) is 5.49. The van der Waals surface area contributed by atoms with Crippen LogP contribution in [0.15, 0.2) is 0 Å². The van der Waals surface area contributed by atoms with Crippen molar-refractivity contribution in [2.45, 2.75) is 46.3 Å². The van der Waals surface area contributed by atoms with E-state index in [1.54, 1.807) is 20.8 Å². The van der Waals surface area contributed by atoms with Crippen LogP contribution in [-0.4, -0.2) is 23.3 Å². The number of hydrogen-bond donors (Lipinski definition) is 1. The Morgan fingerprint density at radius 2 is 1.92 bits per heavy atom. The van der Waals surface area contributed by atoms with Gasteiger partial charge in [-0.2, -0.15) is 0 Å². The maximum Gasteiger partial charge on any atom is 0.311 e. The van der Waals surface area contributed by atoms with Crippen molar-refractivity contribution in [2.75, 3.05) is 0 Å². The van der Waals surface area contributed by atoms with Crippen molar-refractivity contribution >= 4 is 5.97 Å². The number of esters is 1. The molecule has 0 rings (SSSR count). The van der Waals surface area contributed by atoms with Crippen molar-refractivity contribution in [1.29, 1.82) is 0 Å². The minimum absolute atomic E-state index is 0.106. The van der Waals surface area contributed by atoms with Crippen LogP contribution in [0, 0.1) is 5.92 Å². The van der Waals surface area contributed by atoms with E-state index in [4.69, 9.17) is 4.74 Å². The third-order valence-electron chi connectivity index (χ3n) is 1.68. The Morgan fingerprint density at radius 1 is 1.42 bits per heavy atom. The summed E-state index contributed by atoms with van der Waals surface area (Å²) in [4.78, 5) is 11.2. The van der Waals surface area contributed by atoms with Crippen molar-refractivity contribution in [1.82, 2.24) is 0 Å². The topological polar surface area (TPSA) is 46.5 Å². The van der Waals surface area contributed by atoms with Crippen LogP contribution in [0.4, 0.5) is 0 Å². The molecular weight excluding hydrogens is 156 g/mol. The third kappa shape index (κ3) is 3.72. The number of hydrogen-bond acceptors (Lipinski definition) is 3. The average molecular weight is 174 g/mol. The molecule has 2 atom stereocenters. The van der Waals surface area contributed by atoms with Gasteiger partial charge < -0.3 is 9.84 Å². The molecule has 72 valence electrons.